The van der Waals surface area contributed by atoms with E-state index in [9.17, 15) is 4.79 Å². The van der Waals surface area contributed by atoms with Crippen molar-refractivity contribution in [2.24, 2.45) is 17.8 Å². The van der Waals surface area contributed by atoms with E-state index in [1.54, 1.807) is 0 Å². The van der Waals surface area contributed by atoms with E-state index in [4.69, 9.17) is 14.7 Å². The van der Waals surface area contributed by atoms with Crippen molar-refractivity contribution in [2.75, 3.05) is 13.7 Å². The summed E-state index contributed by atoms with van der Waals surface area (Å²) in [6.45, 7) is 6.15. The first-order chi connectivity index (χ1) is 8.19. The van der Waals surface area contributed by atoms with E-state index in [1.165, 1.54) is 7.11 Å². The summed E-state index contributed by atoms with van der Waals surface area (Å²) in [7, 11) is 1.37. The van der Waals surface area contributed by atoms with Gasteiger partial charge in [-0.05, 0) is 32.1 Å². The Hall–Kier alpha value is -1.08. The zero-order chi connectivity index (χ0) is 12.8. The summed E-state index contributed by atoms with van der Waals surface area (Å²) >= 11 is 0. The average Bonchev–Trinajstić information content (AvgIpc) is 2.78. The molecule has 4 nitrogen and oxygen atoms in total. The highest BCUT2D eigenvalue weighted by Crippen LogP contribution is 2.41. The van der Waals surface area contributed by atoms with Crippen molar-refractivity contribution in [3.05, 3.63) is 13.3 Å². The van der Waals surface area contributed by atoms with Gasteiger partial charge < -0.3 is 9.47 Å². The monoisotopic (exact) mass is 237 g/mol. The fourth-order valence-corrected chi connectivity index (χ4v) is 2.45. The fourth-order valence-electron chi connectivity index (χ4n) is 2.45. The van der Waals surface area contributed by atoms with Gasteiger partial charge in [0.25, 0.3) is 0 Å². The molecule has 4 heteroatoms. The van der Waals surface area contributed by atoms with Crippen LogP contribution in [0, 0.1) is 42.4 Å². The van der Waals surface area contributed by atoms with E-state index < -0.39 is 6.10 Å². The number of hydrogen-bond acceptors (Lipinski definition) is 4. The predicted octanol–water partition coefficient (Wildman–Crippen LogP) is 1.77. The van der Waals surface area contributed by atoms with Crippen LogP contribution in [0.25, 0.3) is 0 Å². The minimum Gasteiger partial charge on any atom is -0.469 e. The third-order valence-electron chi connectivity index (χ3n) is 3.30. The molecule has 0 N–H and O–H groups in total. The number of nitriles is 1. The van der Waals surface area contributed by atoms with Gasteiger partial charge in [0, 0.05) is 12.5 Å². The Morgan fingerprint density at radius 1 is 1.71 bits per heavy atom. The molecule has 0 amide bonds. The maximum atomic E-state index is 11.8. The molecular weight excluding hydrogens is 218 g/mol. The lowest BCUT2D eigenvalue weighted by Gasteiger charge is -2.24. The van der Waals surface area contributed by atoms with Crippen LogP contribution in [0.3, 0.4) is 0 Å². The van der Waals surface area contributed by atoms with Crippen LogP contribution in [0.1, 0.15) is 19.8 Å². The van der Waals surface area contributed by atoms with Gasteiger partial charge in [-0.15, -0.1) is 0 Å². The molecule has 0 heterocycles. The van der Waals surface area contributed by atoms with Crippen molar-refractivity contribution in [3.63, 3.8) is 0 Å². The number of esters is 1. The van der Waals surface area contributed by atoms with Gasteiger partial charge in [0.2, 0.25) is 0 Å². The summed E-state index contributed by atoms with van der Waals surface area (Å²) in [4.78, 5) is 11.8. The minimum atomic E-state index is -0.569. The van der Waals surface area contributed by atoms with Crippen molar-refractivity contribution in [1.82, 2.24) is 0 Å². The lowest BCUT2D eigenvalue weighted by molar-refractivity contribution is -0.149. The molecule has 0 aromatic heterocycles. The summed E-state index contributed by atoms with van der Waals surface area (Å²) in [5, 5.41) is 9.09. The summed E-state index contributed by atoms with van der Waals surface area (Å²) in [5.41, 5.74) is 0. The number of nitrogens with zero attached hydrogens (tertiary/aromatic N) is 1. The number of ether oxygens (including phenoxy) is 2. The first-order valence-electron chi connectivity index (χ1n) is 5.91. The standard InChI is InChI=1S/C13H19NO3/c1-4-9-6-7-10(11(8-14)17-5-2)12(9)13(15)16-3/h7,9-12H,1,4-6H2,2-3H3. The molecule has 4 unspecified atom stereocenters. The molecule has 2 radical (unpaired) electrons. The highest BCUT2D eigenvalue weighted by atomic mass is 16.5. The second kappa shape index (κ2) is 6.61. The lowest BCUT2D eigenvalue weighted by Crippen LogP contribution is -2.34. The molecule has 17 heavy (non-hydrogen) atoms. The molecule has 1 saturated carbocycles. The molecule has 0 aromatic rings. The molecule has 1 aliphatic rings. The van der Waals surface area contributed by atoms with Gasteiger partial charge in [0.15, 0.2) is 0 Å². The molecule has 0 bridgehead atoms. The number of rotatable bonds is 5. The molecule has 1 aliphatic carbocycles. The Morgan fingerprint density at radius 3 is 2.88 bits per heavy atom. The van der Waals surface area contributed by atoms with Crippen molar-refractivity contribution in [3.8, 4) is 6.07 Å². The van der Waals surface area contributed by atoms with Gasteiger partial charge in [0.1, 0.15) is 6.10 Å². The minimum absolute atomic E-state index is 0.156. The zero-order valence-corrected chi connectivity index (χ0v) is 10.4. The highest BCUT2D eigenvalue weighted by molar-refractivity contribution is 5.74. The van der Waals surface area contributed by atoms with E-state index in [1.807, 2.05) is 13.3 Å². The van der Waals surface area contributed by atoms with Gasteiger partial charge in [-0.1, -0.05) is 6.92 Å². The van der Waals surface area contributed by atoms with Gasteiger partial charge in [-0.25, -0.2) is 0 Å². The van der Waals surface area contributed by atoms with Crippen molar-refractivity contribution in [1.29, 1.82) is 5.26 Å². The smallest absolute Gasteiger partial charge is 0.309 e. The SMILES string of the molecule is [CH2]CC1C[CH]C(C(C#N)OCC)C1C(=O)OC. The van der Waals surface area contributed by atoms with E-state index in [-0.39, 0.29) is 23.7 Å². The van der Waals surface area contributed by atoms with Gasteiger partial charge in [-0.2, -0.15) is 5.26 Å². The summed E-state index contributed by atoms with van der Waals surface area (Å²) in [6, 6.07) is 2.12. The van der Waals surface area contributed by atoms with E-state index in [0.29, 0.717) is 13.0 Å². The van der Waals surface area contributed by atoms with E-state index in [2.05, 4.69) is 13.0 Å². The van der Waals surface area contributed by atoms with E-state index >= 15 is 0 Å². The number of hydrogen-bond donors (Lipinski definition) is 0. The van der Waals surface area contributed by atoms with Crippen LogP contribution in [-0.2, 0) is 14.3 Å². The Balaban J connectivity index is 2.83. The number of carbonyl (C=O) groups is 1. The van der Waals surface area contributed by atoms with Crippen LogP contribution < -0.4 is 0 Å². The van der Waals surface area contributed by atoms with Crippen LogP contribution in [0.5, 0.6) is 0 Å². The first kappa shape index (κ1) is 14.0. The fraction of sp³-hybridized carbons (Fsp3) is 0.692. The molecular formula is C13H19NO3. The van der Waals surface area contributed by atoms with Crippen molar-refractivity contribution < 1.29 is 14.3 Å². The van der Waals surface area contributed by atoms with Crippen LogP contribution in [0.2, 0.25) is 0 Å². The zero-order valence-electron chi connectivity index (χ0n) is 10.4. The summed E-state index contributed by atoms with van der Waals surface area (Å²) < 4.78 is 10.2. The first-order valence-corrected chi connectivity index (χ1v) is 5.91. The molecule has 0 spiro atoms. The Labute approximate surface area is 103 Å². The lowest BCUT2D eigenvalue weighted by atomic mass is 9.85. The summed E-state index contributed by atoms with van der Waals surface area (Å²) in [5.74, 6) is -0.589. The third-order valence-corrected chi connectivity index (χ3v) is 3.30. The largest absolute Gasteiger partial charge is 0.469 e. The quantitative estimate of drug-likeness (QED) is 0.684. The second-order valence-electron chi connectivity index (χ2n) is 4.15. The second-order valence-corrected chi connectivity index (χ2v) is 4.15. The van der Waals surface area contributed by atoms with Crippen LogP contribution in [0.4, 0.5) is 0 Å². The maximum absolute atomic E-state index is 11.8. The molecule has 1 fully saturated rings. The number of carbonyl (C=O) groups excluding carboxylic acids is 1. The third kappa shape index (κ3) is 2.98. The molecule has 0 aromatic carbocycles. The maximum Gasteiger partial charge on any atom is 0.309 e. The predicted molar refractivity (Wildman–Crippen MR) is 62.4 cm³/mol. The van der Waals surface area contributed by atoms with Gasteiger partial charge >= 0.3 is 5.97 Å². The highest BCUT2D eigenvalue weighted by Gasteiger charge is 2.45. The van der Waals surface area contributed by atoms with Crippen molar-refractivity contribution in [2.45, 2.75) is 25.9 Å². The Morgan fingerprint density at radius 2 is 2.41 bits per heavy atom. The topological polar surface area (TPSA) is 59.3 Å². The molecule has 0 saturated heterocycles. The molecule has 1 rings (SSSR count). The van der Waals surface area contributed by atoms with E-state index in [0.717, 1.165) is 6.42 Å². The molecule has 4 atom stereocenters. The average molecular weight is 237 g/mol. The normalized spacial score (nSPS) is 29.6. The van der Waals surface area contributed by atoms with Gasteiger partial charge in [-0.3, -0.25) is 4.79 Å². The van der Waals surface area contributed by atoms with Crippen LogP contribution in [0.15, 0.2) is 0 Å². The Bertz CT molecular complexity index is 298. The summed E-state index contributed by atoms with van der Waals surface area (Å²) in [6.07, 6.45) is 2.89. The Kier molecular flexibility index (Phi) is 5.43. The molecule has 0 aliphatic heterocycles. The van der Waals surface area contributed by atoms with Crippen molar-refractivity contribution >= 4 is 5.97 Å². The number of methoxy groups -OCH3 is 1. The van der Waals surface area contributed by atoms with Gasteiger partial charge in [0.05, 0.1) is 19.1 Å². The van der Waals surface area contributed by atoms with Crippen LogP contribution >= 0.6 is 0 Å². The van der Waals surface area contributed by atoms with Crippen LogP contribution in [-0.4, -0.2) is 25.8 Å². The molecule has 94 valence electrons.